The van der Waals surface area contributed by atoms with Crippen LogP contribution in [0.15, 0.2) is 0 Å². The van der Waals surface area contributed by atoms with E-state index in [-0.39, 0.29) is 54.8 Å². The van der Waals surface area contributed by atoms with Gasteiger partial charge in [0.2, 0.25) is 0 Å². The van der Waals surface area contributed by atoms with E-state index in [9.17, 15) is 0 Å². The van der Waals surface area contributed by atoms with Gasteiger partial charge in [-0.15, -0.1) is 0 Å². The summed E-state index contributed by atoms with van der Waals surface area (Å²) >= 11 is -11.2. The second-order valence-electron chi connectivity index (χ2n) is 0.756. The summed E-state index contributed by atoms with van der Waals surface area (Å²) in [7, 11) is 0. The molecule has 0 saturated heterocycles. The van der Waals surface area contributed by atoms with Gasteiger partial charge in [0.05, 0.1) is 0 Å². The molecule has 0 atom stereocenters. The van der Waals surface area contributed by atoms with Crippen LogP contribution in [0.5, 0.6) is 0 Å². The van der Waals surface area contributed by atoms with E-state index in [1.807, 2.05) is 0 Å². The Bertz CT molecular complexity index is 217. The van der Waals surface area contributed by atoms with Crippen molar-refractivity contribution in [2.45, 2.75) is 0 Å². The second-order valence-corrected chi connectivity index (χ2v) is 3.12. The third kappa shape index (κ3) is 597. The molecule has 0 radical (unpaired) electrons. The van der Waals surface area contributed by atoms with Crippen LogP contribution in [0.25, 0.3) is 0 Å². The first-order chi connectivity index (χ1) is 4.00. The first kappa shape index (κ1) is 29.3. The molecule has 72 valence electrons. The molecule has 0 N–H and O–H groups in total. The number of hydrogen-bond acceptors (Lipinski definition) is 8. The Morgan fingerprint density at radius 3 is 0.615 bits per heavy atom. The van der Waals surface area contributed by atoms with Gasteiger partial charge in [0.15, 0.2) is 0 Å². The molecule has 0 saturated carbocycles. The fraction of sp³-hybridized carbons (Fsp3) is 0. The van der Waals surface area contributed by atoms with Crippen LogP contribution in [-0.2, 0) is 59.1 Å². The van der Waals surface area contributed by atoms with Crippen molar-refractivity contribution in [1.82, 2.24) is 0 Å². The normalized spacial score (nSPS) is 8.92. The van der Waals surface area contributed by atoms with Gasteiger partial charge in [-0.2, -0.15) is 0 Å². The average molecular weight is 308 g/mol. The van der Waals surface area contributed by atoms with Gasteiger partial charge >= 0.3 is 114 Å². The van der Waals surface area contributed by atoms with Crippen LogP contribution in [0.3, 0.4) is 0 Å². The zero-order chi connectivity index (χ0) is 9.00. The third-order valence-corrected chi connectivity index (χ3v) is 0. The zero-order valence-electron chi connectivity index (χ0n) is 6.38. The fourth-order valence-corrected chi connectivity index (χ4v) is 0. The summed E-state index contributed by atoms with van der Waals surface area (Å²) in [6.45, 7) is 0. The Morgan fingerprint density at radius 2 is 0.615 bits per heavy atom. The van der Waals surface area contributed by atoms with Gasteiger partial charge in [0, 0.05) is 0 Å². The van der Waals surface area contributed by atoms with E-state index in [1.54, 1.807) is 0 Å². The van der Waals surface area contributed by atoms with E-state index < -0.39 is 26.7 Å². The first-order valence-electron chi connectivity index (χ1n) is 1.23. The summed E-state index contributed by atoms with van der Waals surface area (Å²) in [4.78, 5) is 0. The van der Waals surface area contributed by atoms with Crippen molar-refractivity contribution in [2.75, 3.05) is 0 Å². The summed E-state index contributed by atoms with van der Waals surface area (Å²) in [5.41, 5.74) is 0. The predicted molar refractivity (Wildman–Crippen MR) is 2.75 cm³/mol. The topological polar surface area (TPSA) is 161 Å². The maximum atomic E-state index is 8.58. The van der Waals surface area contributed by atoms with Crippen molar-refractivity contribution in [3.63, 3.8) is 0 Å². The van der Waals surface area contributed by atoms with Gasteiger partial charge < -0.3 is 0 Å². The number of hydrogen-bond donors (Lipinski definition) is 0. The van der Waals surface area contributed by atoms with Gasteiger partial charge in [-0.25, -0.2) is 0 Å². The predicted octanol–water partition coefficient (Wildman–Crippen LogP) is -11.2. The molecule has 13 heavy (non-hydrogen) atoms. The fourth-order valence-electron chi connectivity index (χ4n) is 0. The SMILES string of the molecule is [Fe+2].[Li+].[Li+].[O]=[Mn](=[O])([O-])[O-].[O]=[Mn](=[O])([O-])[O-]. The molecule has 0 aliphatic heterocycles. The average Bonchev–Trinajstić information content (AvgIpc) is 1.12. The quantitative estimate of drug-likeness (QED) is 0.398. The number of rotatable bonds is 0. The molecule has 13 heteroatoms. The molecule has 0 aromatic rings. The molecule has 0 bridgehead atoms. The molecule has 0 aliphatic rings. The van der Waals surface area contributed by atoms with Crippen molar-refractivity contribution in [3.8, 4) is 0 Å². The van der Waals surface area contributed by atoms with Gasteiger partial charge in [-0.05, 0) is 0 Å². The van der Waals surface area contributed by atoms with Gasteiger partial charge in [-0.3, -0.25) is 0 Å². The van der Waals surface area contributed by atoms with Crippen molar-refractivity contribution in [1.29, 1.82) is 0 Å². The Hall–Kier alpha value is 1.79. The van der Waals surface area contributed by atoms with Crippen molar-refractivity contribution in [3.05, 3.63) is 0 Å². The first-order valence-corrected chi connectivity index (χ1v) is 5.09. The van der Waals surface area contributed by atoms with Gasteiger partial charge in [0.25, 0.3) is 0 Å². The van der Waals surface area contributed by atoms with Crippen molar-refractivity contribution in [2.24, 2.45) is 0 Å². The molecule has 0 unspecified atom stereocenters. The van der Waals surface area contributed by atoms with E-state index in [0.29, 0.717) is 0 Å². The van der Waals surface area contributed by atoms with Crippen LogP contribution < -0.4 is 54.5 Å². The van der Waals surface area contributed by atoms with Crippen LogP contribution in [0, 0.1) is 0 Å². The third-order valence-electron chi connectivity index (χ3n) is 0. The summed E-state index contributed by atoms with van der Waals surface area (Å²) in [5.74, 6) is 0. The molecule has 0 amide bonds. The summed E-state index contributed by atoms with van der Waals surface area (Å²) in [6, 6.07) is 0. The van der Waals surface area contributed by atoms with Crippen LogP contribution in [0.2, 0.25) is 0 Å². The molecule has 8 nitrogen and oxygen atoms in total. The molecule has 0 fully saturated rings. The molecule has 0 aromatic carbocycles. The van der Waals surface area contributed by atoms with Gasteiger partial charge in [0.1, 0.15) is 0 Å². The van der Waals surface area contributed by atoms with Crippen LogP contribution in [-0.4, -0.2) is 0 Å². The second kappa shape index (κ2) is 11.9. The molecule has 0 rings (SSSR count). The van der Waals surface area contributed by atoms with Crippen molar-refractivity contribution >= 4 is 0 Å². The van der Waals surface area contributed by atoms with E-state index in [4.69, 9.17) is 32.1 Å². The van der Waals surface area contributed by atoms with E-state index in [2.05, 4.69) is 0 Å². The van der Waals surface area contributed by atoms with Crippen LogP contribution in [0.4, 0.5) is 0 Å². The Kier molecular flexibility index (Phi) is 26.8. The molecule has 0 spiro atoms. The van der Waals surface area contributed by atoms with E-state index in [1.165, 1.54) is 0 Å². The minimum absolute atomic E-state index is 0. The van der Waals surface area contributed by atoms with E-state index >= 15 is 0 Å². The molecule has 0 heterocycles. The zero-order valence-corrected chi connectivity index (χ0v) is 9.84. The standard InChI is InChI=1S/Fe.2Li.2Mn.8O/q+2;2*+1;;;;;;;4*-1. The minimum atomic E-state index is -5.62. The summed E-state index contributed by atoms with van der Waals surface area (Å²) in [5, 5.41) is 0. The monoisotopic (exact) mass is 308 g/mol. The molecule has 0 aliphatic carbocycles. The Balaban J connectivity index is -0.0000000267. The molecular formula is FeLi2Mn2O8. The van der Waals surface area contributed by atoms with Crippen molar-refractivity contribution < 1.29 is 114 Å². The van der Waals surface area contributed by atoms with Crippen LogP contribution >= 0.6 is 0 Å². The Morgan fingerprint density at radius 1 is 0.615 bits per heavy atom. The summed E-state index contributed by atoms with van der Waals surface area (Å²) < 4.78 is 68.6. The Labute approximate surface area is 112 Å². The summed E-state index contributed by atoms with van der Waals surface area (Å²) in [6.07, 6.45) is 0. The molecular weight excluding hydrogens is 308 g/mol. The molecule has 0 aromatic heterocycles. The maximum absolute atomic E-state index is 8.58. The van der Waals surface area contributed by atoms with Gasteiger partial charge in [-0.1, -0.05) is 0 Å². The van der Waals surface area contributed by atoms with E-state index in [0.717, 1.165) is 0 Å². The van der Waals surface area contributed by atoms with Crippen LogP contribution in [0.1, 0.15) is 0 Å².